The Bertz CT molecular complexity index is 478. The van der Waals surface area contributed by atoms with Crippen LogP contribution in [0.15, 0.2) is 6.07 Å². The summed E-state index contributed by atoms with van der Waals surface area (Å²) in [5.74, 6) is 0.894. The van der Waals surface area contributed by atoms with Crippen LogP contribution in [-0.2, 0) is 12.0 Å². The lowest BCUT2D eigenvalue weighted by atomic mass is 9.83. The second kappa shape index (κ2) is 4.43. The van der Waals surface area contributed by atoms with Crippen LogP contribution in [0.25, 0.3) is 0 Å². The summed E-state index contributed by atoms with van der Waals surface area (Å²) in [6, 6.07) is 2.05. The van der Waals surface area contributed by atoms with Crippen molar-refractivity contribution in [3.63, 3.8) is 0 Å². The van der Waals surface area contributed by atoms with E-state index in [1.165, 1.54) is 29.5 Å². The third-order valence-corrected chi connectivity index (χ3v) is 4.75. The highest BCUT2D eigenvalue weighted by Gasteiger charge is 2.34. The fraction of sp³-hybridized carbons (Fsp3) is 0.600. The lowest BCUT2D eigenvalue weighted by Crippen LogP contribution is -2.34. The van der Waals surface area contributed by atoms with Crippen molar-refractivity contribution in [1.82, 2.24) is 0 Å². The fourth-order valence-corrected chi connectivity index (χ4v) is 3.73. The highest BCUT2D eigenvalue weighted by Crippen LogP contribution is 2.44. The molecule has 1 aromatic carbocycles. The second-order valence-corrected chi connectivity index (χ2v) is 6.06. The molecule has 18 heavy (non-hydrogen) atoms. The monoisotopic (exact) mass is 265 g/mol. The van der Waals surface area contributed by atoms with Crippen LogP contribution >= 0.6 is 11.6 Å². The summed E-state index contributed by atoms with van der Waals surface area (Å²) in [6.45, 7) is 2.95. The van der Waals surface area contributed by atoms with E-state index >= 15 is 0 Å². The number of rotatable bonds is 1. The summed E-state index contributed by atoms with van der Waals surface area (Å²) >= 11 is 6.38. The number of halogens is 1. The molecule has 2 N–H and O–H groups in total. The van der Waals surface area contributed by atoms with Crippen molar-refractivity contribution in [1.29, 1.82) is 0 Å². The highest BCUT2D eigenvalue weighted by molar-refractivity contribution is 6.32. The molecule has 0 saturated heterocycles. The highest BCUT2D eigenvalue weighted by atomic mass is 35.5. The van der Waals surface area contributed by atoms with Crippen LogP contribution < -0.4 is 10.5 Å². The molecule has 3 rings (SSSR count). The Hall–Kier alpha value is -0.730. The van der Waals surface area contributed by atoms with Gasteiger partial charge in [0.25, 0.3) is 0 Å². The molecule has 0 unspecified atom stereocenters. The van der Waals surface area contributed by atoms with Crippen molar-refractivity contribution < 1.29 is 4.74 Å². The van der Waals surface area contributed by atoms with E-state index in [4.69, 9.17) is 22.1 Å². The topological polar surface area (TPSA) is 35.2 Å². The first-order chi connectivity index (χ1) is 8.62. The van der Waals surface area contributed by atoms with Gasteiger partial charge in [-0.25, -0.2) is 0 Å². The van der Waals surface area contributed by atoms with Gasteiger partial charge in [0.15, 0.2) is 0 Å². The van der Waals surface area contributed by atoms with Crippen molar-refractivity contribution >= 4 is 11.6 Å². The van der Waals surface area contributed by atoms with Crippen LogP contribution in [0.2, 0.25) is 5.02 Å². The van der Waals surface area contributed by atoms with E-state index in [-0.39, 0.29) is 5.54 Å². The average molecular weight is 266 g/mol. The lowest BCUT2D eigenvalue weighted by molar-refractivity contribution is 0.287. The SMILES string of the molecule is Cc1c(C2(N)CCCC2)cc(Cl)c2c1CCCO2. The molecular formula is C15H20ClNO. The second-order valence-electron chi connectivity index (χ2n) is 5.65. The summed E-state index contributed by atoms with van der Waals surface area (Å²) in [5.41, 5.74) is 10.2. The number of ether oxygens (including phenoxy) is 1. The molecule has 0 aromatic heterocycles. The Morgan fingerprint density at radius 1 is 1.28 bits per heavy atom. The summed E-state index contributed by atoms with van der Waals surface area (Å²) in [4.78, 5) is 0. The molecule has 3 heteroatoms. The molecule has 1 aromatic rings. The maximum Gasteiger partial charge on any atom is 0.141 e. The predicted molar refractivity (Wildman–Crippen MR) is 74.3 cm³/mol. The minimum Gasteiger partial charge on any atom is -0.492 e. The fourth-order valence-electron chi connectivity index (χ4n) is 3.45. The van der Waals surface area contributed by atoms with Crippen molar-refractivity contribution in [3.05, 3.63) is 27.8 Å². The van der Waals surface area contributed by atoms with Crippen molar-refractivity contribution in [2.75, 3.05) is 6.61 Å². The third-order valence-electron chi connectivity index (χ3n) is 4.47. The molecule has 1 aliphatic heterocycles. The van der Waals surface area contributed by atoms with Crippen LogP contribution in [-0.4, -0.2) is 6.61 Å². The molecule has 0 atom stereocenters. The van der Waals surface area contributed by atoms with Crippen LogP contribution in [0.4, 0.5) is 0 Å². The first-order valence-electron chi connectivity index (χ1n) is 6.86. The van der Waals surface area contributed by atoms with E-state index in [2.05, 4.69) is 6.92 Å². The zero-order chi connectivity index (χ0) is 12.8. The van der Waals surface area contributed by atoms with E-state index in [0.29, 0.717) is 0 Å². The van der Waals surface area contributed by atoms with Gasteiger partial charge in [-0.1, -0.05) is 24.4 Å². The number of hydrogen-bond acceptors (Lipinski definition) is 2. The quantitative estimate of drug-likeness (QED) is 0.840. The summed E-state index contributed by atoms with van der Waals surface area (Å²) in [7, 11) is 0. The molecular weight excluding hydrogens is 246 g/mol. The van der Waals surface area contributed by atoms with Gasteiger partial charge in [0.05, 0.1) is 11.6 Å². The van der Waals surface area contributed by atoms with E-state index in [0.717, 1.165) is 43.1 Å². The minimum absolute atomic E-state index is 0.166. The molecule has 1 fully saturated rings. The lowest BCUT2D eigenvalue weighted by Gasteiger charge is -2.30. The maximum atomic E-state index is 6.58. The van der Waals surface area contributed by atoms with Gasteiger partial charge in [0, 0.05) is 5.54 Å². The van der Waals surface area contributed by atoms with Gasteiger partial charge in [0.2, 0.25) is 0 Å². The molecule has 2 aliphatic rings. The number of hydrogen-bond donors (Lipinski definition) is 1. The third kappa shape index (κ3) is 1.83. The smallest absolute Gasteiger partial charge is 0.141 e. The van der Waals surface area contributed by atoms with E-state index in [1.54, 1.807) is 0 Å². The van der Waals surface area contributed by atoms with Gasteiger partial charge in [-0.05, 0) is 55.4 Å². The normalized spacial score (nSPS) is 21.5. The summed E-state index contributed by atoms with van der Waals surface area (Å²) < 4.78 is 5.71. The summed E-state index contributed by atoms with van der Waals surface area (Å²) in [6.07, 6.45) is 6.73. The maximum absolute atomic E-state index is 6.58. The van der Waals surface area contributed by atoms with Crippen LogP contribution in [0.3, 0.4) is 0 Å². The molecule has 1 heterocycles. The molecule has 0 bridgehead atoms. The molecule has 0 radical (unpaired) electrons. The van der Waals surface area contributed by atoms with Gasteiger partial charge in [-0.2, -0.15) is 0 Å². The standard InChI is InChI=1S/C15H20ClNO/c1-10-11-5-4-8-18-14(11)13(16)9-12(10)15(17)6-2-3-7-15/h9H,2-8,17H2,1H3. The van der Waals surface area contributed by atoms with E-state index in [9.17, 15) is 0 Å². The van der Waals surface area contributed by atoms with Crippen molar-refractivity contribution in [3.8, 4) is 5.75 Å². The Labute approximate surface area is 113 Å². The van der Waals surface area contributed by atoms with Gasteiger partial charge < -0.3 is 10.5 Å². The van der Waals surface area contributed by atoms with Gasteiger partial charge in [0.1, 0.15) is 5.75 Å². The Morgan fingerprint density at radius 2 is 2.00 bits per heavy atom. The first kappa shape index (κ1) is 12.3. The average Bonchev–Trinajstić information content (AvgIpc) is 2.82. The molecule has 0 spiro atoms. The number of benzene rings is 1. The van der Waals surface area contributed by atoms with Crippen molar-refractivity contribution in [2.45, 2.75) is 51.0 Å². The van der Waals surface area contributed by atoms with Crippen LogP contribution in [0.5, 0.6) is 5.75 Å². The Morgan fingerprint density at radius 3 is 2.72 bits per heavy atom. The van der Waals surface area contributed by atoms with Crippen molar-refractivity contribution in [2.24, 2.45) is 5.73 Å². The van der Waals surface area contributed by atoms with Crippen LogP contribution in [0.1, 0.15) is 48.8 Å². The molecule has 1 saturated carbocycles. The van der Waals surface area contributed by atoms with Gasteiger partial charge in [-0.15, -0.1) is 0 Å². The number of fused-ring (bicyclic) bond motifs is 1. The van der Waals surface area contributed by atoms with Crippen LogP contribution in [0, 0.1) is 6.92 Å². The predicted octanol–water partition coefficient (Wildman–Crippen LogP) is 3.70. The zero-order valence-corrected chi connectivity index (χ0v) is 11.6. The zero-order valence-electron chi connectivity index (χ0n) is 10.9. The molecule has 1 aliphatic carbocycles. The molecule has 2 nitrogen and oxygen atoms in total. The Balaban J connectivity index is 2.13. The first-order valence-corrected chi connectivity index (χ1v) is 7.24. The molecule has 0 amide bonds. The molecule has 98 valence electrons. The largest absolute Gasteiger partial charge is 0.492 e. The van der Waals surface area contributed by atoms with Gasteiger partial charge in [-0.3, -0.25) is 0 Å². The minimum atomic E-state index is -0.166. The summed E-state index contributed by atoms with van der Waals surface area (Å²) in [5, 5.41) is 0.738. The van der Waals surface area contributed by atoms with Gasteiger partial charge >= 0.3 is 0 Å². The Kier molecular flexibility index (Phi) is 3.03. The van der Waals surface area contributed by atoms with E-state index in [1.807, 2.05) is 6.07 Å². The number of nitrogens with two attached hydrogens (primary N) is 1. The van der Waals surface area contributed by atoms with E-state index < -0.39 is 0 Å².